The highest BCUT2D eigenvalue weighted by atomic mass is 16.7. The molecule has 0 aliphatic carbocycles. The van der Waals surface area contributed by atoms with Crippen LogP contribution in [0, 0.1) is 34.6 Å². The van der Waals surface area contributed by atoms with E-state index in [2.05, 4.69) is 39.9 Å². The molecule has 188 valence electrons. The molecule has 4 rings (SSSR count). The van der Waals surface area contributed by atoms with Crippen LogP contribution in [0.25, 0.3) is 0 Å². The topological polar surface area (TPSA) is 60.7 Å². The van der Waals surface area contributed by atoms with Gasteiger partial charge in [0.05, 0.1) is 12.6 Å². The molecule has 1 fully saturated rings. The van der Waals surface area contributed by atoms with Gasteiger partial charge in [-0.05, 0) is 99.5 Å². The molecule has 5 nitrogen and oxygen atoms in total. The Labute approximate surface area is 209 Å². The highest BCUT2D eigenvalue weighted by Gasteiger charge is 2.38. The summed E-state index contributed by atoms with van der Waals surface area (Å²) >= 11 is 0. The molecule has 0 bridgehead atoms. The number of rotatable bonds is 5. The van der Waals surface area contributed by atoms with E-state index in [-0.39, 0.29) is 25.5 Å². The lowest BCUT2D eigenvalue weighted by Gasteiger charge is -2.41. The maximum absolute atomic E-state index is 13.1. The fourth-order valence-electron chi connectivity index (χ4n) is 4.71. The van der Waals surface area contributed by atoms with Crippen molar-refractivity contribution in [1.82, 2.24) is 5.32 Å². The van der Waals surface area contributed by atoms with Crippen LogP contribution in [0.15, 0.2) is 46.9 Å². The second kappa shape index (κ2) is 10.4. The highest BCUT2D eigenvalue weighted by Crippen LogP contribution is 2.33. The Morgan fingerprint density at radius 1 is 0.914 bits per heavy atom. The van der Waals surface area contributed by atoms with E-state index >= 15 is 0 Å². The summed E-state index contributed by atoms with van der Waals surface area (Å²) in [7, 11) is 0. The smallest absolute Gasteiger partial charge is 0.287 e. The Morgan fingerprint density at radius 2 is 1.51 bits per heavy atom. The van der Waals surface area contributed by atoms with Gasteiger partial charge >= 0.3 is 0 Å². The molecule has 0 spiro atoms. The van der Waals surface area contributed by atoms with Crippen molar-refractivity contribution in [2.45, 2.75) is 80.2 Å². The summed E-state index contributed by atoms with van der Waals surface area (Å²) in [4.78, 5) is 13.1. The molecular formula is C30H39NO4. The van der Waals surface area contributed by atoms with E-state index in [1.54, 1.807) is 6.07 Å². The van der Waals surface area contributed by atoms with Gasteiger partial charge in [0.25, 0.3) is 5.91 Å². The number of nitrogens with one attached hydrogen (secondary N) is 1. The van der Waals surface area contributed by atoms with Crippen molar-refractivity contribution in [3.05, 3.63) is 92.9 Å². The lowest BCUT2D eigenvalue weighted by Crippen LogP contribution is -2.51. The predicted octanol–water partition coefficient (Wildman–Crippen LogP) is 6.67. The summed E-state index contributed by atoms with van der Waals surface area (Å²) in [6.07, 6.45) is 0.343. The first-order chi connectivity index (χ1) is 16.1. The van der Waals surface area contributed by atoms with E-state index < -0.39 is 5.79 Å². The zero-order valence-corrected chi connectivity index (χ0v) is 21.2. The molecular weight excluding hydrogens is 438 g/mol. The summed E-state index contributed by atoms with van der Waals surface area (Å²) in [5.74, 6) is 0.0757. The lowest BCUT2D eigenvalue weighted by atomic mass is 9.88. The van der Waals surface area contributed by atoms with Crippen LogP contribution in [0.5, 0.6) is 0 Å². The molecule has 1 N–H and O–H groups in total. The van der Waals surface area contributed by atoms with Crippen molar-refractivity contribution in [2.75, 3.05) is 6.61 Å². The Hall–Kier alpha value is -2.89. The normalized spacial score (nSPS) is 19.2. The average Bonchev–Trinajstić information content (AvgIpc) is 3.30. The van der Waals surface area contributed by atoms with Crippen molar-refractivity contribution < 1.29 is 18.7 Å². The first-order valence-corrected chi connectivity index (χ1v) is 11.9. The van der Waals surface area contributed by atoms with E-state index in [0.717, 1.165) is 11.3 Å². The summed E-state index contributed by atoms with van der Waals surface area (Å²) in [6.45, 7) is 15.0. The third-order valence-electron chi connectivity index (χ3n) is 7.22. The molecule has 0 unspecified atom stereocenters. The van der Waals surface area contributed by atoms with E-state index in [9.17, 15) is 4.79 Å². The molecule has 1 aromatic heterocycles. The van der Waals surface area contributed by atoms with Gasteiger partial charge in [-0.2, -0.15) is 0 Å². The minimum Gasteiger partial charge on any atom is -0.456 e. The fourth-order valence-corrected chi connectivity index (χ4v) is 4.71. The predicted molar refractivity (Wildman–Crippen MR) is 140 cm³/mol. The monoisotopic (exact) mass is 477 g/mol. The zero-order valence-electron chi connectivity index (χ0n) is 21.2. The summed E-state index contributed by atoms with van der Waals surface area (Å²) in [6, 6.07) is 13.2. The van der Waals surface area contributed by atoms with E-state index in [0.29, 0.717) is 18.8 Å². The van der Waals surface area contributed by atoms with E-state index in [4.69, 9.17) is 13.9 Å². The van der Waals surface area contributed by atoms with Gasteiger partial charge in [0.2, 0.25) is 0 Å². The maximum atomic E-state index is 13.1. The van der Waals surface area contributed by atoms with Crippen LogP contribution in [0.4, 0.5) is 0 Å². The van der Waals surface area contributed by atoms with Gasteiger partial charge in [-0.15, -0.1) is 0 Å². The minimum absolute atomic E-state index is 0. The molecule has 5 heteroatoms. The first-order valence-electron chi connectivity index (χ1n) is 11.9. The van der Waals surface area contributed by atoms with Crippen LogP contribution in [-0.4, -0.2) is 24.3 Å². The van der Waals surface area contributed by atoms with Gasteiger partial charge in [0.1, 0.15) is 11.9 Å². The number of hydrogen-bond acceptors (Lipinski definition) is 4. The summed E-state index contributed by atoms with van der Waals surface area (Å²) in [5, 5.41) is 3.06. The Balaban J connectivity index is 0.00000342. The molecule has 2 heterocycles. The van der Waals surface area contributed by atoms with Gasteiger partial charge in [-0.1, -0.05) is 37.8 Å². The molecule has 3 aromatic rings. The number of carbonyl (C=O) groups excluding carboxylic acids is 1. The number of benzene rings is 2. The number of amides is 1. The van der Waals surface area contributed by atoms with Crippen molar-refractivity contribution in [3.63, 3.8) is 0 Å². The van der Waals surface area contributed by atoms with Crippen LogP contribution >= 0.6 is 0 Å². The zero-order chi connectivity index (χ0) is 24.6. The molecule has 1 saturated heterocycles. The molecule has 0 radical (unpaired) electrons. The van der Waals surface area contributed by atoms with Gasteiger partial charge in [0, 0.05) is 6.42 Å². The van der Waals surface area contributed by atoms with Gasteiger partial charge in [-0.3, -0.25) is 4.79 Å². The molecule has 2 atom stereocenters. The largest absolute Gasteiger partial charge is 0.456 e. The van der Waals surface area contributed by atoms with Gasteiger partial charge in [0.15, 0.2) is 11.5 Å². The number of furan rings is 1. The molecule has 35 heavy (non-hydrogen) atoms. The molecule has 1 aliphatic heterocycles. The first kappa shape index (κ1) is 26.7. The number of ether oxygens (including phenoxy) is 2. The SMILES string of the molecule is C.Cc1c(C)c(C)c(Cc2ccc(C(=O)N[C@H]3COC(C)(C)O[C@H]3c3ccccc3)o2)c(C)c1C. The van der Waals surface area contributed by atoms with Crippen molar-refractivity contribution in [2.24, 2.45) is 0 Å². The molecule has 1 aliphatic rings. The average molecular weight is 478 g/mol. The van der Waals surface area contributed by atoms with E-state index in [1.807, 2.05) is 50.2 Å². The molecule has 2 aromatic carbocycles. The standard InChI is InChI=1S/C29H35NO4.CH4/c1-17-18(2)20(4)24(21(5)19(17)3)15-23-13-14-26(33-23)28(31)30-25-16-32-29(6,7)34-27(25)22-11-9-8-10-12-22;/h8-14,25,27H,15-16H2,1-7H3,(H,30,31);1H4/t25-,27-;/m0./s1. The summed E-state index contributed by atoms with van der Waals surface area (Å²) < 4.78 is 18.0. The Kier molecular flexibility index (Phi) is 7.93. The Bertz CT molecular complexity index is 1160. The minimum atomic E-state index is -0.723. The third kappa shape index (κ3) is 5.52. The van der Waals surface area contributed by atoms with Crippen LogP contribution in [-0.2, 0) is 15.9 Å². The van der Waals surface area contributed by atoms with Gasteiger partial charge < -0.3 is 19.2 Å². The second-order valence-corrected chi connectivity index (χ2v) is 9.79. The van der Waals surface area contributed by atoms with Gasteiger partial charge in [-0.25, -0.2) is 0 Å². The Morgan fingerprint density at radius 3 is 2.14 bits per heavy atom. The van der Waals surface area contributed by atoms with Crippen LogP contribution in [0.2, 0.25) is 0 Å². The third-order valence-corrected chi connectivity index (χ3v) is 7.22. The quantitative estimate of drug-likeness (QED) is 0.446. The number of hydrogen-bond donors (Lipinski definition) is 1. The molecule has 1 amide bonds. The second-order valence-electron chi connectivity index (χ2n) is 9.79. The maximum Gasteiger partial charge on any atom is 0.287 e. The van der Waals surface area contributed by atoms with Crippen LogP contribution in [0.1, 0.15) is 82.6 Å². The molecule has 0 saturated carbocycles. The van der Waals surface area contributed by atoms with Crippen LogP contribution in [0.3, 0.4) is 0 Å². The van der Waals surface area contributed by atoms with Crippen molar-refractivity contribution >= 4 is 5.91 Å². The number of carbonyl (C=O) groups is 1. The fraction of sp³-hybridized carbons (Fsp3) is 0.433. The highest BCUT2D eigenvalue weighted by molar-refractivity contribution is 5.91. The van der Waals surface area contributed by atoms with Crippen LogP contribution < -0.4 is 5.32 Å². The van der Waals surface area contributed by atoms with Crippen molar-refractivity contribution in [3.8, 4) is 0 Å². The lowest BCUT2D eigenvalue weighted by molar-refractivity contribution is -0.284. The summed E-state index contributed by atoms with van der Waals surface area (Å²) in [5.41, 5.74) is 8.80. The van der Waals surface area contributed by atoms with E-state index in [1.165, 1.54) is 33.4 Å². The van der Waals surface area contributed by atoms with Crippen molar-refractivity contribution in [1.29, 1.82) is 0 Å².